The highest BCUT2D eigenvalue weighted by Crippen LogP contribution is 2.27. The number of nitrogens with one attached hydrogen (secondary N) is 1. The molecule has 6 nitrogen and oxygen atoms in total. The molecule has 0 bridgehead atoms. The molecule has 1 aromatic rings. The van der Waals surface area contributed by atoms with E-state index in [1.807, 2.05) is 41.5 Å². The lowest BCUT2D eigenvalue weighted by Crippen LogP contribution is -2.30. The van der Waals surface area contributed by atoms with Crippen molar-refractivity contribution in [3.8, 4) is 11.5 Å². The minimum Gasteiger partial charge on any atom is -0.504 e. The number of allylic oxidation sites excluding steroid dienone is 3. The molecule has 0 radical (unpaired) electrons. The number of esters is 1. The molecule has 0 saturated carbocycles. The first-order valence-electron chi connectivity index (χ1n) is 9.94. The van der Waals surface area contributed by atoms with Gasteiger partial charge in [0.25, 0.3) is 5.91 Å². The van der Waals surface area contributed by atoms with Crippen LogP contribution in [0.2, 0.25) is 0 Å². The lowest BCUT2D eigenvalue weighted by molar-refractivity contribution is -0.143. The number of benzene rings is 1. The number of aromatic hydroxyl groups is 2. The Hall–Kier alpha value is -2.76. The van der Waals surface area contributed by atoms with E-state index in [4.69, 9.17) is 4.74 Å². The van der Waals surface area contributed by atoms with Crippen LogP contribution in [0.5, 0.6) is 11.5 Å². The molecule has 0 unspecified atom stereocenters. The third kappa shape index (κ3) is 11.6. The molecule has 0 spiro atoms. The number of amides is 1. The van der Waals surface area contributed by atoms with Crippen LogP contribution in [0.1, 0.15) is 58.6 Å². The topological polar surface area (TPSA) is 95.9 Å². The Morgan fingerprint density at radius 2 is 1.72 bits per heavy atom. The van der Waals surface area contributed by atoms with Gasteiger partial charge in [-0.1, -0.05) is 31.1 Å². The smallest absolute Gasteiger partial charge is 0.331 e. The second-order valence-electron chi connectivity index (χ2n) is 6.79. The number of hydrogen-bond donors (Lipinski definition) is 3. The molecule has 0 aliphatic rings. The Bertz CT molecular complexity index is 731. The molecule has 29 heavy (non-hydrogen) atoms. The van der Waals surface area contributed by atoms with Crippen LogP contribution in [0, 0.1) is 6.92 Å². The van der Waals surface area contributed by atoms with E-state index in [1.54, 1.807) is 0 Å². The van der Waals surface area contributed by atoms with E-state index in [1.165, 1.54) is 23.8 Å². The molecular formula is C23H35NO5. The Labute approximate surface area is 174 Å². The van der Waals surface area contributed by atoms with Crippen LogP contribution in [0.3, 0.4) is 0 Å². The molecule has 3 N–H and O–H groups in total. The number of carbonyl (C=O) groups excluding carboxylic acids is 2. The summed E-state index contributed by atoms with van der Waals surface area (Å²) in [5, 5.41) is 21.6. The van der Waals surface area contributed by atoms with Crippen molar-refractivity contribution in [1.29, 1.82) is 0 Å². The SMILES string of the molecule is CC.CC(C)=CCC/C(C)=C/C(=O)OCC(=O)NCCc1cc(O)c(O)cc1C. The fraction of sp³-hybridized carbons (Fsp3) is 0.478. The van der Waals surface area contributed by atoms with Gasteiger partial charge in [-0.2, -0.15) is 0 Å². The largest absolute Gasteiger partial charge is 0.504 e. The van der Waals surface area contributed by atoms with Crippen LogP contribution < -0.4 is 5.32 Å². The van der Waals surface area contributed by atoms with E-state index in [9.17, 15) is 19.8 Å². The van der Waals surface area contributed by atoms with Crippen molar-refractivity contribution in [2.45, 2.75) is 60.8 Å². The van der Waals surface area contributed by atoms with Gasteiger partial charge >= 0.3 is 5.97 Å². The van der Waals surface area contributed by atoms with Crippen LogP contribution in [0.4, 0.5) is 0 Å². The Balaban J connectivity index is 0.00000379. The molecule has 0 aromatic heterocycles. The minimum absolute atomic E-state index is 0.170. The number of phenols is 2. The molecular weight excluding hydrogens is 370 g/mol. The second-order valence-corrected chi connectivity index (χ2v) is 6.79. The maximum Gasteiger partial charge on any atom is 0.331 e. The van der Waals surface area contributed by atoms with Gasteiger partial charge in [0.1, 0.15) is 0 Å². The molecule has 6 heteroatoms. The molecule has 0 atom stereocenters. The van der Waals surface area contributed by atoms with E-state index < -0.39 is 5.97 Å². The summed E-state index contributed by atoms with van der Waals surface area (Å²) in [6.45, 7) is 11.7. The highest BCUT2D eigenvalue weighted by molar-refractivity contribution is 5.86. The monoisotopic (exact) mass is 405 g/mol. The summed E-state index contributed by atoms with van der Waals surface area (Å²) in [5.41, 5.74) is 3.78. The number of ether oxygens (including phenoxy) is 1. The highest BCUT2D eigenvalue weighted by atomic mass is 16.5. The van der Waals surface area contributed by atoms with Crippen molar-refractivity contribution in [3.05, 3.63) is 46.6 Å². The third-order valence-corrected chi connectivity index (χ3v) is 3.95. The molecule has 1 amide bonds. The highest BCUT2D eigenvalue weighted by Gasteiger charge is 2.08. The molecule has 1 aromatic carbocycles. The molecule has 162 valence electrons. The summed E-state index contributed by atoms with van der Waals surface area (Å²) < 4.78 is 4.95. The fourth-order valence-corrected chi connectivity index (χ4v) is 2.42. The standard InChI is InChI=1S/C21H29NO5.C2H6/c1-14(2)6-5-7-15(3)10-21(26)27-13-20(25)22-9-8-17-12-19(24)18(23)11-16(17)4;1-2/h6,10-12,23-24H,5,7-9,13H2,1-4H3,(H,22,25);1-2H3/b15-10+;. The quantitative estimate of drug-likeness (QED) is 0.246. The van der Waals surface area contributed by atoms with Crippen molar-refractivity contribution >= 4 is 11.9 Å². The molecule has 0 heterocycles. The summed E-state index contributed by atoms with van der Waals surface area (Å²) in [6, 6.07) is 2.94. The Morgan fingerprint density at radius 3 is 2.34 bits per heavy atom. The molecule has 0 saturated heterocycles. The number of phenolic OH excluding ortho intramolecular Hbond substituents is 2. The van der Waals surface area contributed by atoms with E-state index in [-0.39, 0.29) is 24.0 Å². The third-order valence-electron chi connectivity index (χ3n) is 3.95. The number of carbonyl (C=O) groups is 2. The van der Waals surface area contributed by atoms with Gasteiger partial charge in [-0.3, -0.25) is 4.79 Å². The maximum absolute atomic E-state index is 11.8. The van der Waals surface area contributed by atoms with Crippen molar-refractivity contribution in [2.24, 2.45) is 0 Å². The van der Waals surface area contributed by atoms with E-state index in [2.05, 4.69) is 11.4 Å². The minimum atomic E-state index is -0.529. The Kier molecular flexibility index (Phi) is 12.9. The fourth-order valence-electron chi connectivity index (χ4n) is 2.42. The van der Waals surface area contributed by atoms with Crippen LogP contribution in [-0.4, -0.2) is 35.2 Å². The predicted octanol–water partition coefficient (Wildman–Crippen LogP) is 4.33. The van der Waals surface area contributed by atoms with Gasteiger partial charge < -0.3 is 20.3 Å². The van der Waals surface area contributed by atoms with Crippen LogP contribution in [0.15, 0.2) is 35.4 Å². The van der Waals surface area contributed by atoms with Crippen LogP contribution in [0.25, 0.3) is 0 Å². The summed E-state index contributed by atoms with van der Waals surface area (Å²) in [4.78, 5) is 23.5. The predicted molar refractivity (Wildman–Crippen MR) is 116 cm³/mol. The summed E-state index contributed by atoms with van der Waals surface area (Å²) in [5.74, 6) is -1.28. The van der Waals surface area contributed by atoms with Gasteiger partial charge in [0.05, 0.1) is 0 Å². The second kappa shape index (κ2) is 14.3. The first-order chi connectivity index (χ1) is 13.7. The van der Waals surface area contributed by atoms with Crippen molar-refractivity contribution in [2.75, 3.05) is 13.2 Å². The zero-order valence-electron chi connectivity index (χ0n) is 18.5. The van der Waals surface area contributed by atoms with Crippen molar-refractivity contribution in [1.82, 2.24) is 5.32 Å². The first-order valence-corrected chi connectivity index (χ1v) is 9.94. The van der Waals surface area contributed by atoms with Crippen LogP contribution in [-0.2, 0) is 20.7 Å². The number of rotatable bonds is 9. The zero-order valence-corrected chi connectivity index (χ0v) is 18.5. The van der Waals surface area contributed by atoms with Gasteiger partial charge in [0, 0.05) is 12.6 Å². The molecule has 0 aliphatic heterocycles. The number of aryl methyl sites for hydroxylation is 1. The molecule has 0 aliphatic carbocycles. The molecule has 0 fully saturated rings. The first kappa shape index (κ1) is 26.2. The van der Waals surface area contributed by atoms with E-state index >= 15 is 0 Å². The van der Waals surface area contributed by atoms with E-state index in [0.29, 0.717) is 13.0 Å². The lowest BCUT2D eigenvalue weighted by atomic mass is 10.0. The van der Waals surface area contributed by atoms with Crippen molar-refractivity contribution in [3.63, 3.8) is 0 Å². The summed E-state index contributed by atoms with van der Waals surface area (Å²) in [7, 11) is 0. The van der Waals surface area contributed by atoms with Crippen LogP contribution >= 0.6 is 0 Å². The van der Waals surface area contributed by atoms with E-state index in [0.717, 1.165) is 29.5 Å². The molecule has 1 rings (SSSR count). The zero-order chi connectivity index (χ0) is 22.4. The Morgan fingerprint density at radius 1 is 1.10 bits per heavy atom. The average molecular weight is 406 g/mol. The van der Waals surface area contributed by atoms with Gasteiger partial charge in [-0.05, 0) is 70.2 Å². The maximum atomic E-state index is 11.8. The normalized spacial score (nSPS) is 10.5. The number of hydrogen-bond acceptors (Lipinski definition) is 5. The summed E-state index contributed by atoms with van der Waals surface area (Å²) >= 11 is 0. The van der Waals surface area contributed by atoms with Gasteiger partial charge in [0.15, 0.2) is 18.1 Å². The van der Waals surface area contributed by atoms with Crippen molar-refractivity contribution < 1.29 is 24.5 Å². The van der Waals surface area contributed by atoms with Gasteiger partial charge in [0.2, 0.25) is 0 Å². The van der Waals surface area contributed by atoms with Gasteiger partial charge in [-0.15, -0.1) is 0 Å². The average Bonchev–Trinajstić information content (AvgIpc) is 2.65. The lowest BCUT2D eigenvalue weighted by Gasteiger charge is -2.09. The van der Waals surface area contributed by atoms with Gasteiger partial charge in [-0.25, -0.2) is 4.79 Å². The summed E-state index contributed by atoms with van der Waals surface area (Å²) in [6.07, 6.45) is 5.64.